The smallest absolute Gasteiger partial charge is 0.252 e. The van der Waals surface area contributed by atoms with Crippen LogP contribution in [0.4, 0.5) is 0 Å². The summed E-state index contributed by atoms with van der Waals surface area (Å²) in [6.45, 7) is 4.59. The van der Waals surface area contributed by atoms with Gasteiger partial charge in [0.15, 0.2) is 0 Å². The summed E-state index contributed by atoms with van der Waals surface area (Å²) in [5, 5.41) is 3.96. The second-order valence-corrected chi connectivity index (χ2v) is 6.06. The number of thiazole rings is 1. The Morgan fingerprint density at radius 3 is 2.86 bits per heavy atom. The van der Waals surface area contributed by atoms with Crippen molar-refractivity contribution in [2.75, 3.05) is 6.54 Å². The minimum absolute atomic E-state index is 0.0696. The Bertz CT molecular complexity index is 609. The topological polar surface area (TPSA) is 68.0 Å². The van der Waals surface area contributed by atoms with Gasteiger partial charge in [-0.25, -0.2) is 4.98 Å². The molecule has 1 aromatic carbocycles. The lowest BCUT2D eigenvalue weighted by Gasteiger charge is -2.13. The molecule has 0 saturated heterocycles. The van der Waals surface area contributed by atoms with Crippen LogP contribution in [0.5, 0.6) is 0 Å². The van der Waals surface area contributed by atoms with Gasteiger partial charge in [0.25, 0.3) is 5.91 Å². The Labute approximate surface area is 129 Å². The Kier molecular flexibility index (Phi) is 5.47. The second kappa shape index (κ2) is 7.33. The van der Waals surface area contributed by atoms with Crippen molar-refractivity contribution in [2.24, 2.45) is 5.73 Å². The van der Waals surface area contributed by atoms with Gasteiger partial charge in [-0.05, 0) is 37.9 Å². The first-order chi connectivity index (χ1) is 10.2. The normalized spacial score (nSPS) is 12.1. The molecular formula is C16H21N3OS. The molecule has 0 fully saturated rings. The van der Waals surface area contributed by atoms with Gasteiger partial charge in [-0.3, -0.25) is 4.79 Å². The molecule has 1 aromatic heterocycles. The van der Waals surface area contributed by atoms with Crippen molar-refractivity contribution in [3.8, 4) is 0 Å². The number of aryl methyl sites for hydroxylation is 1. The van der Waals surface area contributed by atoms with Gasteiger partial charge in [-0.1, -0.05) is 25.1 Å². The Morgan fingerprint density at radius 1 is 1.43 bits per heavy atom. The van der Waals surface area contributed by atoms with Gasteiger partial charge < -0.3 is 11.1 Å². The molecule has 1 atom stereocenters. The zero-order valence-electron chi connectivity index (χ0n) is 12.4. The van der Waals surface area contributed by atoms with Crippen molar-refractivity contribution in [3.63, 3.8) is 0 Å². The predicted octanol–water partition coefficient (Wildman–Crippen LogP) is 2.70. The zero-order valence-corrected chi connectivity index (χ0v) is 13.2. The number of benzene rings is 1. The molecular weight excluding hydrogens is 282 g/mol. The first kappa shape index (κ1) is 15.7. The first-order valence-electron chi connectivity index (χ1n) is 7.19. The molecule has 0 bridgehead atoms. The lowest BCUT2D eigenvalue weighted by Crippen LogP contribution is -2.27. The number of carbonyl (C=O) groups excluding carboxylic acids is 1. The maximum atomic E-state index is 12.4. The lowest BCUT2D eigenvalue weighted by atomic mass is 10.0. The van der Waals surface area contributed by atoms with Gasteiger partial charge in [-0.15, -0.1) is 11.3 Å². The van der Waals surface area contributed by atoms with E-state index in [4.69, 9.17) is 5.73 Å². The van der Waals surface area contributed by atoms with E-state index < -0.39 is 0 Å². The fourth-order valence-corrected chi connectivity index (χ4v) is 3.00. The van der Waals surface area contributed by atoms with Crippen LogP contribution >= 0.6 is 11.3 Å². The number of nitrogens with two attached hydrogens (primary N) is 1. The van der Waals surface area contributed by atoms with Gasteiger partial charge in [0.05, 0.1) is 6.04 Å². The van der Waals surface area contributed by atoms with Gasteiger partial charge >= 0.3 is 0 Å². The first-order valence-corrected chi connectivity index (χ1v) is 8.00. The molecule has 0 aliphatic heterocycles. The quantitative estimate of drug-likeness (QED) is 0.862. The molecule has 112 valence electrons. The summed E-state index contributed by atoms with van der Waals surface area (Å²) < 4.78 is 0. The van der Waals surface area contributed by atoms with Crippen LogP contribution in [0, 0.1) is 0 Å². The molecule has 3 N–H and O–H groups in total. The van der Waals surface area contributed by atoms with Crippen molar-refractivity contribution in [3.05, 3.63) is 51.5 Å². The maximum absolute atomic E-state index is 12.4. The van der Waals surface area contributed by atoms with E-state index in [0.717, 1.165) is 17.0 Å². The standard InChI is InChI=1S/C16H21N3OS/c1-3-13-10-18-16(21-13)11(2)19-15(20)14-7-5-4-6-12(14)8-9-17/h4-7,10-11H,3,8-9,17H2,1-2H3,(H,19,20). The summed E-state index contributed by atoms with van der Waals surface area (Å²) in [7, 11) is 0. The van der Waals surface area contributed by atoms with Crippen LogP contribution in [-0.2, 0) is 12.8 Å². The number of hydrogen-bond donors (Lipinski definition) is 2. The zero-order chi connectivity index (χ0) is 15.2. The molecule has 0 saturated carbocycles. The van der Waals surface area contributed by atoms with E-state index in [9.17, 15) is 4.79 Å². The molecule has 1 heterocycles. The van der Waals surface area contributed by atoms with Crippen LogP contribution in [0.2, 0.25) is 0 Å². The maximum Gasteiger partial charge on any atom is 0.252 e. The van der Waals surface area contributed by atoms with E-state index in [1.54, 1.807) is 11.3 Å². The van der Waals surface area contributed by atoms with Gasteiger partial charge in [0.1, 0.15) is 5.01 Å². The van der Waals surface area contributed by atoms with Gasteiger partial charge in [0, 0.05) is 16.6 Å². The average molecular weight is 303 g/mol. The van der Waals surface area contributed by atoms with E-state index in [0.29, 0.717) is 18.5 Å². The fraction of sp³-hybridized carbons (Fsp3) is 0.375. The van der Waals surface area contributed by atoms with Crippen LogP contribution < -0.4 is 11.1 Å². The third kappa shape index (κ3) is 3.89. The van der Waals surface area contributed by atoms with Crippen LogP contribution in [0.15, 0.2) is 30.5 Å². The number of carbonyl (C=O) groups is 1. The Morgan fingerprint density at radius 2 is 2.19 bits per heavy atom. The van der Waals surface area contributed by atoms with E-state index >= 15 is 0 Å². The van der Waals surface area contributed by atoms with Crippen LogP contribution in [0.25, 0.3) is 0 Å². The van der Waals surface area contributed by atoms with Crippen LogP contribution in [0.3, 0.4) is 0 Å². The molecule has 21 heavy (non-hydrogen) atoms. The largest absolute Gasteiger partial charge is 0.343 e. The monoisotopic (exact) mass is 303 g/mol. The Balaban J connectivity index is 2.10. The molecule has 1 amide bonds. The number of hydrogen-bond acceptors (Lipinski definition) is 4. The summed E-state index contributed by atoms with van der Waals surface area (Å²) in [5.41, 5.74) is 7.28. The molecule has 0 aliphatic rings. The number of amides is 1. The molecule has 1 unspecified atom stereocenters. The fourth-order valence-electron chi connectivity index (χ4n) is 2.14. The average Bonchev–Trinajstić information content (AvgIpc) is 2.97. The van der Waals surface area contributed by atoms with Gasteiger partial charge in [0.2, 0.25) is 0 Å². The van der Waals surface area contributed by atoms with Crippen molar-refractivity contribution >= 4 is 17.2 Å². The molecule has 5 heteroatoms. The summed E-state index contributed by atoms with van der Waals surface area (Å²) in [6, 6.07) is 7.50. The molecule has 4 nitrogen and oxygen atoms in total. The molecule has 0 spiro atoms. The third-order valence-corrected chi connectivity index (χ3v) is 4.64. The highest BCUT2D eigenvalue weighted by Crippen LogP contribution is 2.21. The number of nitrogens with zero attached hydrogens (tertiary/aromatic N) is 1. The molecule has 0 radical (unpaired) electrons. The highest BCUT2D eigenvalue weighted by molar-refractivity contribution is 7.11. The number of nitrogens with one attached hydrogen (secondary N) is 1. The summed E-state index contributed by atoms with van der Waals surface area (Å²) in [5.74, 6) is -0.0696. The van der Waals surface area contributed by atoms with Crippen molar-refractivity contribution in [1.82, 2.24) is 10.3 Å². The third-order valence-electron chi connectivity index (χ3n) is 3.31. The Hall–Kier alpha value is -1.72. The highest BCUT2D eigenvalue weighted by atomic mass is 32.1. The second-order valence-electron chi connectivity index (χ2n) is 4.91. The van der Waals surface area contributed by atoms with Crippen molar-refractivity contribution in [1.29, 1.82) is 0 Å². The van der Waals surface area contributed by atoms with Crippen LogP contribution in [-0.4, -0.2) is 17.4 Å². The summed E-state index contributed by atoms with van der Waals surface area (Å²) >= 11 is 1.65. The number of aromatic nitrogens is 1. The summed E-state index contributed by atoms with van der Waals surface area (Å²) in [4.78, 5) is 18.0. The molecule has 2 aromatic rings. The van der Waals surface area contributed by atoms with Crippen molar-refractivity contribution < 1.29 is 4.79 Å². The van der Waals surface area contributed by atoms with Gasteiger partial charge in [-0.2, -0.15) is 0 Å². The summed E-state index contributed by atoms with van der Waals surface area (Å²) in [6.07, 6.45) is 3.55. The van der Waals surface area contributed by atoms with E-state index in [1.807, 2.05) is 37.4 Å². The molecule has 2 rings (SSSR count). The minimum Gasteiger partial charge on any atom is -0.343 e. The van der Waals surface area contributed by atoms with Crippen LogP contribution in [0.1, 0.15) is 45.7 Å². The lowest BCUT2D eigenvalue weighted by molar-refractivity contribution is 0.0939. The minimum atomic E-state index is -0.0891. The highest BCUT2D eigenvalue weighted by Gasteiger charge is 2.16. The molecule has 0 aliphatic carbocycles. The van der Waals surface area contributed by atoms with E-state index in [2.05, 4.69) is 17.2 Å². The van der Waals surface area contributed by atoms with E-state index in [-0.39, 0.29) is 11.9 Å². The van der Waals surface area contributed by atoms with Crippen molar-refractivity contribution in [2.45, 2.75) is 32.7 Å². The number of rotatable bonds is 6. The van der Waals surface area contributed by atoms with E-state index in [1.165, 1.54) is 4.88 Å². The predicted molar refractivity (Wildman–Crippen MR) is 86.6 cm³/mol. The SMILES string of the molecule is CCc1cnc(C(C)NC(=O)c2ccccc2CCN)s1.